The second-order valence-corrected chi connectivity index (χ2v) is 8.85. The van der Waals surface area contributed by atoms with E-state index in [1.165, 1.54) is 16.4 Å². The van der Waals surface area contributed by atoms with Crippen LogP contribution < -0.4 is 5.32 Å². The maximum atomic E-state index is 13.1. The molecule has 3 aromatic rings. The number of carbonyl (C=O) groups is 1. The third kappa shape index (κ3) is 5.90. The molecule has 150 valence electrons. The second-order valence-electron chi connectivity index (χ2n) is 6.48. The number of sulfonamides is 1. The molecule has 0 aromatic heterocycles. The van der Waals surface area contributed by atoms with Gasteiger partial charge in [-0.15, -0.1) is 0 Å². The second kappa shape index (κ2) is 9.69. The summed E-state index contributed by atoms with van der Waals surface area (Å²) in [7, 11) is -3.83. The number of benzene rings is 3. The summed E-state index contributed by atoms with van der Waals surface area (Å²) in [5.41, 5.74) is 1.64. The van der Waals surface area contributed by atoms with E-state index in [-0.39, 0.29) is 30.4 Å². The molecule has 0 heterocycles. The molecule has 0 unspecified atom stereocenters. The molecular weight excluding hydrogens is 408 g/mol. The minimum Gasteiger partial charge on any atom is -0.351 e. The largest absolute Gasteiger partial charge is 0.351 e. The number of nitrogens with zero attached hydrogens (tertiary/aromatic N) is 1. The number of halogens is 1. The molecule has 1 amide bonds. The van der Waals surface area contributed by atoms with Gasteiger partial charge in [0.15, 0.2) is 0 Å². The van der Waals surface area contributed by atoms with Crippen LogP contribution in [0.3, 0.4) is 0 Å². The molecule has 0 saturated carbocycles. The van der Waals surface area contributed by atoms with Crippen molar-refractivity contribution in [3.63, 3.8) is 0 Å². The van der Waals surface area contributed by atoms with E-state index in [0.717, 1.165) is 11.1 Å². The Bertz CT molecular complexity index is 1060. The first-order chi connectivity index (χ1) is 13.9. The molecule has 0 atom stereocenters. The molecule has 1 N–H and O–H groups in total. The van der Waals surface area contributed by atoms with Crippen molar-refractivity contribution in [1.29, 1.82) is 0 Å². The molecule has 0 aliphatic carbocycles. The van der Waals surface area contributed by atoms with E-state index in [0.29, 0.717) is 5.02 Å². The highest BCUT2D eigenvalue weighted by molar-refractivity contribution is 7.89. The molecule has 0 aliphatic rings. The Morgan fingerprint density at radius 2 is 1.48 bits per heavy atom. The highest BCUT2D eigenvalue weighted by atomic mass is 35.5. The van der Waals surface area contributed by atoms with Crippen LogP contribution in [0.25, 0.3) is 0 Å². The molecule has 0 aliphatic heterocycles. The van der Waals surface area contributed by atoms with E-state index >= 15 is 0 Å². The quantitative estimate of drug-likeness (QED) is 0.592. The Labute approximate surface area is 176 Å². The minimum absolute atomic E-state index is 0.0999. The number of amides is 1. The van der Waals surface area contributed by atoms with Gasteiger partial charge in [-0.1, -0.05) is 72.3 Å². The van der Waals surface area contributed by atoms with Crippen LogP contribution in [0, 0.1) is 0 Å². The molecule has 7 heteroatoms. The fraction of sp³-hybridized carbons (Fsp3) is 0.136. The molecular formula is C22H21ClN2O3S. The van der Waals surface area contributed by atoms with Crippen LogP contribution in [-0.4, -0.2) is 25.2 Å². The van der Waals surface area contributed by atoms with Gasteiger partial charge >= 0.3 is 0 Å². The van der Waals surface area contributed by atoms with Gasteiger partial charge in [-0.25, -0.2) is 8.42 Å². The lowest BCUT2D eigenvalue weighted by Gasteiger charge is -2.22. The van der Waals surface area contributed by atoms with E-state index in [4.69, 9.17) is 11.6 Å². The minimum atomic E-state index is -3.83. The fourth-order valence-corrected chi connectivity index (χ4v) is 4.44. The predicted molar refractivity (Wildman–Crippen MR) is 114 cm³/mol. The predicted octanol–water partition coefficient (Wildman–Crippen LogP) is 3.85. The third-order valence-electron chi connectivity index (χ3n) is 4.28. The van der Waals surface area contributed by atoms with E-state index in [1.54, 1.807) is 36.4 Å². The Morgan fingerprint density at radius 3 is 2.14 bits per heavy atom. The number of hydrogen-bond donors (Lipinski definition) is 1. The van der Waals surface area contributed by atoms with Crippen LogP contribution in [0.5, 0.6) is 0 Å². The van der Waals surface area contributed by atoms with Crippen molar-refractivity contribution in [3.8, 4) is 0 Å². The summed E-state index contributed by atoms with van der Waals surface area (Å²) < 4.78 is 27.4. The molecule has 3 aromatic carbocycles. The van der Waals surface area contributed by atoms with E-state index in [9.17, 15) is 13.2 Å². The zero-order valence-corrected chi connectivity index (χ0v) is 17.2. The van der Waals surface area contributed by atoms with Gasteiger partial charge in [0.05, 0.1) is 11.4 Å². The Hall–Kier alpha value is -2.67. The molecule has 0 fully saturated rings. The summed E-state index contributed by atoms with van der Waals surface area (Å²) in [4.78, 5) is 12.7. The van der Waals surface area contributed by atoms with E-state index < -0.39 is 10.0 Å². The first kappa shape index (κ1) is 21.0. The number of rotatable bonds is 8. The lowest BCUT2D eigenvalue weighted by atomic mass is 10.2. The lowest BCUT2D eigenvalue weighted by Crippen LogP contribution is -2.40. The highest BCUT2D eigenvalue weighted by Gasteiger charge is 2.26. The number of nitrogens with one attached hydrogen (secondary N) is 1. The maximum Gasteiger partial charge on any atom is 0.243 e. The Kier molecular flexibility index (Phi) is 7.04. The van der Waals surface area contributed by atoms with E-state index in [2.05, 4.69) is 5.32 Å². The maximum absolute atomic E-state index is 13.1. The van der Waals surface area contributed by atoms with Crippen molar-refractivity contribution in [2.75, 3.05) is 6.54 Å². The van der Waals surface area contributed by atoms with Crippen LogP contribution in [0.15, 0.2) is 89.8 Å². The number of hydrogen-bond acceptors (Lipinski definition) is 3. The van der Waals surface area contributed by atoms with Crippen LogP contribution in [0.1, 0.15) is 11.1 Å². The summed E-state index contributed by atoms with van der Waals surface area (Å²) in [6, 6.07) is 24.5. The third-order valence-corrected chi connectivity index (χ3v) is 6.32. The summed E-state index contributed by atoms with van der Waals surface area (Å²) in [5.74, 6) is -0.389. The topological polar surface area (TPSA) is 66.5 Å². The molecule has 0 saturated heterocycles. The first-order valence-corrected chi connectivity index (χ1v) is 10.9. The van der Waals surface area contributed by atoms with Crippen LogP contribution in [0.2, 0.25) is 5.02 Å². The molecule has 0 bridgehead atoms. The van der Waals surface area contributed by atoms with Crippen molar-refractivity contribution in [3.05, 3.63) is 101 Å². The van der Waals surface area contributed by atoms with Crippen LogP contribution >= 0.6 is 11.6 Å². The SMILES string of the molecule is O=C(CN(Cc1ccccc1)S(=O)(=O)c1ccccc1)NCc1cccc(Cl)c1. The normalized spacial score (nSPS) is 11.4. The smallest absolute Gasteiger partial charge is 0.243 e. The van der Waals surface area contributed by atoms with Crippen molar-refractivity contribution in [2.45, 2.75) is 18.0 Å². The average molecular weight is 429 g/mol. The van der Waals surface area contributed by atoms with Gasteiger partial charge in [-0.2, -0.15) is 4.31 Å². The Morgan fingerprint density at radius 1 is 0.862 bits per heavy atom. The van der Waals surface area contributed by atoms with Crippen molar-refractivity contribution >= 4 is 27.5 Å². The molecule has 3 rings (SSSR count). The summed E-state index contributed by atoms with van der Waals surface area (Å²) >= 11 is 5.96. The standard InChI is InChI=1S/C22H21ClN2O3S/c23-20-11-7-10-19(14-20)15-24-22(26)17-25(16-18-8-3-1-4-9-18)29(27,28)21-12-5-2-6-13-21/h1-14H,15-17H2,(H,24,26). The fourth-order valence-electron chi connectivity index (χ4n) is 2.82. The van der Waals surface area contributed by atoms with Crippen LogP contribution in [0.4, 0.5) is 0 Å². The van der Waals surface area contributed by atoms with Crippen molar-refractivity contribution in [2.24, 2.45) is 0 Å². The summed E-state index contributed by atoms with van der Waals surface area (Å²) in [5, 5.41) is 3.34. The van der Waals surface area contributed by atoms with Gasteiger partial charge in [0.1, 0.15) is 0 Å². The molecule has 0 radical (unpaired) electrons. The van der Waals surface area contributed by atoms with Gasteiger partial charge in [-0.05, 0) is 35.4 Å². The van der Waals surface area contributed by atoms with Gasteiger partial charge in [0, 0.05) is 18.1 Å². The van der Waals surface area contributed by atoms with Gasteiger partial charge in [0.25, 0.3) is 0 Å². The first-order valence-electron chi connectivity index (χ1n) is 9.05. The van der Waals surface area contributed by atoms with Gasteiger partial charge in [-0.3, -0.25) is 4.79 Å². The zero-order chi connectivity index (χ0) is 20.7. The average Bonchev–Trinajstić information content (AvgIpc) is 2.73. The highest BCUT2D eigenvalue weighted by Crippen LogP contribution is 2.18. The lowest BCUT2D eigenvalue weighted by molar-refractivity contribution is -0.121. The monoisotopic (exact) mass is 428 g/mol. The zero-order valence-electron chi connectivity index (χ0n) is 15.7. The molecule has 0 spiro atoms. The van der Waals surface area contributed by atoms with Gasteiger partial charge < -0.3 is 5.32 Å². The van der Waals surface area contributed by atoms with Crippen molar-refractivity contribution in [1.82, 2.24) is 9.62 Å². The summed E-state index contributed by atoms with van der Waals surface area (Å²) in [6.45, 7) is 0.0826. The molecule has 29 heavy (non-hydrogen) atoms. The molecule has 5 nitrogen and oxygen atoms in total. The Balaban J connectivity index is 1.76. The van der Waals surface area contributed by atoms with Gasteiger partial charge in [0.2, 0.25) is 15.9 Å². The summed E-state index contributed by atoms with van der Waals surface area (Å²) in [6.07, 6.45) is 0. The van der Waals surface area contributed by atoms with Crippen molar-refractivity contribution < 1.29 is 13.2 Å². The number of carbonyl (C=O) groups excluding carboxylic acids is 1. The van der Waals surface area contributed by atoms with E-state index in [1.807, 2.05) is 36.4 Å². The van der Waals surface area contributed by atoms with Crippen LogP contribution in [-0.2, 0) is 27.9 Å².